The number of amides is 1. The Morgan fingerprint density at radius 3 is 2.91 bits per heavy atom. The smallest absolute Gasteiger partial charge is 0.242 e. The Morgan fingerprint density at radius 2 is 2.17 bits per heavy atom. The van der Waals surface area contributed by atoms with E-state index in [1.54, 1.807) is 6.20 Å². The molecule has 2 aliphatic heterocycles. The average molecular weight is 338 g/mol. The van der Waals surface area contributed by atoms with Crippen molar-refractivity contribution in [3.8, 4) is 0 Å². The molecule has 126 valence electrons. The number of hydrogen-bond donors (Lipinski definition) is 3. The number of nitrogens with one attached hydrogen (secondary N) is 3. The van der Waals surface area contributed by atoms with Crippen molar-refractivity contribution in [1.82, 2.24) is 26.1 Å². The van der Waals surface area contributed by atoms with Crippen LogP contribution in [-0.4, -0.2) is 47.0 Å². The van der Waals surface area contributed by atoms with Gasteiger partial charge in [-0.25, -0.2) is 5.43 Å². The molecule has 0 aromatic carbocycles. The first kappa shape index (κ1) is 16.6. The first-order chi connectivity index (χ1) is 10.8. The number of piperidine rings is 1. The van der Waals surface area contributed by atoms with Gasteiger partial charge < -0.3 is 10.2 Å². The molecule has 23 heavy (non-hydrogen) atoms. The van der Waals surface area contributed by atoms with Crippen LogP contribution in [0.2, 0.25) is 0 Å². The molecule has 3 heterocycles. The summed E-state index contributed by atoms with van der Waals surface area (Å²) in [4.78, 5) is 19.3. The Kier molecular flexibility index (Phi) is 5.16. The summed E-state index contributed by atoms with van der Waals surface area (Å²) in [6.45, 7) is 2.60. The topological polar surface area (TPSA) is 69.3 Å². The summed E-state index contributed by atoms with van der Waals surface area (Å²) in [5.74, 6) is 0.575. The van der Waals surface area contributed by atoms with Gasteiger partial charge in [0.15, 0.2) is 0 Å². The Bertz CT molecular complexity index is 539. The van der Waals surface area contributed by atoms with Gasteiger partial charge in [0.2, 0.25) is 5.91 Å². The van der Waals surface area contributed by atoms with E-state index in [-0.39, 0.29) is 24.4 Å². The molecule has 1 amide bonds. The third kappa shape index (κ3) is 3.50. The van der Waals surface area contributed by atoms with Crippen molar-refractivity contribution in [2.45, 2.75) is 43.9 Å². The predicted molar refractivity (Wildman–Crippen MR) is 89.9 cm³/mol. The van der Waals surface area contributed by atoms with Gasteiger partial charge in [0.05, 0.1) is 0 Å². The zero-order valence-electron chi connectivity index (χ0n) is 13.1. The van der Waals surface area contributed by atoms with E-state index < -0.39 is 0 Å². The normalized spacial score (nSPS) is 29.5. The van der Waals surface area contributed by atoms with Gasteiger partial charge >= 0.3 is 0 Å². The number of fused-ring (bicyclic) bond motifs is 1. The zero-order valence-corrected chi connectivity index (χ0v) is 13.9. The summed E-state index contributed by atoms with van der Waals surface area (Å²) in [5, 5.41) is 3.41. The Morgan fingerprint density at radius 1 is 1.30 bits per heavy atom. The maximum absolute atomic E-state index is 13.1. The maximum Gasteiger partial charge on any atom is 0.242 e. The minimum atomic E-state index is -0.116. The van der Waals surface area contributed by atoms with E-state index >= 15 is 0 Å². The summed E-state index contributed by atoms with van der Waals surface area (Å²) >= 11 is 0. The highest BCUT2D eigenvalue weighted by molar-refractivity contribution is 5.85. The molecule has 0 spiro atoms. The van der Waals surface area contributed by atoms with E-state index in [1.807, 2.05) is 23.2 Å². The molecule has 6 nitrogen and oxygen atoms in total. The number of rotatable bonds is 4. The molecule has 3 atom stereocenters. The minimum absolute atomic E-state index is 0. The van der Waals surface area contributed by atoms with Gasteiger partial charge in [-0.05, 0) is 37.4 Å². The number of pyridine rings is 1. The van der Waals surface area contributed by atoms with Crippen LogP contribution in [0.25, 0.3) is 0 Å². The van der Waals surface area contributed by atoms with Crippen molar-refractivity contribution in [3.05, 3.63) is 30.1 Å². The van der Waals surface area contributed by atoms with Gasteiger partial charge in [0.25, 0.3) is 0 Å². The second-order valence-corrected chi connectivity index (χ2v) is 6.59. The van der Waals surface area contributed by atoms with Crippen LogP contribution in [0.3, 0.4) is 0 Å². The fourth-order valence-corrected chi connectivity index (χ4v) is 3.60. The van der Waals surface area contributed by atoms with E-state index in [1.165, 1.54) is 0 Å². The molecular formula is C16H24ClN5O. The molecule has 3 N–H and O–H groups in total. The predicted octanol–water partition coefficient (Wildman–Crippen LogP) is 0.449. The lowest BCUT2D eigenvalue weighted by atomic mass is 9.88. The lowest BCUT2D eigenvalue weighted by Crippen LogP contribution is -2.51. The number of carbonyl (C=O) groups is 1. The standard InChI is InChI=1S/C16H23N5O.ClH/c22-16(15-13-9-18-7-5-14(13)19-20-15)21(12-3-4-12)10-11-2-1-6-17-8-11;/h1-2,6,8,12-15,18-20H,3-5,7,9-10H2;1H. The van der Waals surface area contributed by atoms with Crippen molar-refractivity contribution < 1.29 is 4.79 Å². The Labute approximate surface area is 142 Å². The highest BCUT2D eigenvalue weighted by atomic mass is 35.5. The number of nitrogens with zero attached hydrogens (tertiary/aromatic N) is 2. The van der Waals surface area contributed by atoms with Crippen LogP contribution >= 0.6 is 12.4 Å². The number of hydrazine groups is 1. The van der Waals surface area contributed by atoms with E-state index in [4.69, 9.17) is 0 Å². The van der Waals surface area contributed by atoms with Crippen LogP contribution in [0.15, 0.2) is 24.5 Å². The van der Waals surface area contributed by atoms with E-state index in [0.717, 1.165) is 37.9 Å². The molecule has 3 fully saturated rings. The molecule has 2 saturated heterocycles. The fraction of sp³-hybridized carbons (Fsp3) is 0.625. The fourth-order valence-electron chi connectivity index (χ4n) is 3.60. The van der Waals surface area contributed by atoms with Crippen LogP contribution in [0.5, 0.6) is 0 Å². The SMILES string of the molecule is Cl.O=C(C1NNC2CCNCC21)N(Cc1cccnc1)C1CC1. The van der Waals surface area contributed by atoms with Gasteiger partial charge in [-0.3, -0.25) is 15.2 Å². The summed E-state index contributed by atoms with van der Waals surface area (Å²) in [7, 11) is 0. The molecule has 7 heteroatoms. The van der Waals surface area contributed by atoms with E-state index in [0.29, 0.717) is 24.5 Å². The third-order valence-electron chi connectivity index (χ3n) is 4.99. The minimum Gasteiger partial charge on any atom is -0.334 e. The third-order valence-corrected chi connectivity index (χ3v) is 4.99. The van der Waals surface area contributed by atoms with Crippen molar-refractivity contribution in [1.29, 1.82) is 0 Å². The van der Waals surface area contributed by atoms with Crippen LogP contribution in [-0.2, 0) is 11.3 Å². The largest absolute Gasteiger partial charge is 0.334 e. The molecule has 0 radical (unpaired) electrons. The molecule has 1 saturated carbocycles. The molecule has 1 aromatic rings. The van der Waals surface area contributed by atoms with Crippen molar-refractivity contribution >= 4 is 18.3 Å². The van der Waals surface area contributed by atoms with Gasteiger partial charge in [0.1, 0.15) is 6.04 Å². The van der Waals surface area contributed by atoms with Crippen LogP contribution < -0.4 is 16.2 Å². The van der Waals surface area contributed by atoms with E-state index in [2.05, 4.69) is 21.2 Å². The van der Waals surface area contributed by atoms with Crippen molar-refractivity contribution in [3.63, 3.8) is 0 Å². The molecule has 1 aromatic heterocycles. The summed E-state index contributed by atoms with van der Waals surface area (Å²) in [6.07, 6.45) is 6.95. The Balaban J connectivity index is 0.00000156. The molecule has 4 rings (SSSR count). The molecule has 0 bridgehead atoms. The first-order valence-corrected chi connectivity index (χ1v) is 8.24. The molecule has 1 aliphatic carbocycles. The van der Waals surface area contributed by atoms with Gasteiger partial charge in [-0.15, -0.1) is 12.4 Å². The summed E-state index contributed by atoms with van der Waals surface area (Å²) < 4.78 is 0. The quantitative estimate of drug-likeness (QED) is 0.744. The highest BCUT2D eigenvalue weighted by Crippen LogP contribution is 2.31. The summed E-state index contributed by atoms with van der Waals surface area (Å²) in [6, 6.07) is 4.68. The number of aromatic nitrogens is 1. The van der Waals surface area contributed by atoms with Gasteiger partial charge in [0, 0.05) is 43.5 Å². The number of halogens is 1. The van der Waals surface area contributed by atoms with Crippen molar-refractivity contribution in [2.75, 3.05) is 13.1 Å². The first-order valence-electron chi connectivity index (χ1n) is 8.24. The average Bonchev–Trinajstić information content (AvgIpc) is 3.31. The lowest BCUT2D eigenvalue weighted by molar-refractivity contribution is -0.135. The van der Waals surface area contributed by atoms with Gasteiger partial charge in [-0.2, -0.15) is 0 Å². The number of carbonyl (C=O) groups excluding carboxylic acids is 1. The summed E-state index contributed by atoms with van der Waals surface area (Å²) in [5.41, 5.74) is 7.67. The van der Waals surface area contributed by atoms with Crippen LogP contribution in [0, 0.1) is 5.92 Å². The molecule has 3 aliphatic rings. The second-order valence-electron chi connectivity index (χ2n) is 6.59. The monoisotopic (exact) mass is 337 g/mol. The van der Waals surface area contributed by atoms with Gasteiger partial charge in [-0.1, -0.05) is 6.07 Å². The van der Waals surface area contributed by atoms with E-state index in [9.17, 15) is 4.79 Å². The maximum atomic E-state index is 13.1. The van der Waals surface area contributed by atoms with Crippen LogP contribution in [0.4, 0.5) is 0 Å². The lowest BCUT2D eigenvalue weighted by Gasteiger charge is -2.31. The Hall–Kier alpha value is -1.21. The second kappa shape index (κ2) is 7.13. The molecular weight excluding hydrogens is 314 g/mol. The molecule has 3 unspecified atom stereocenters. The highest BCUT2D eigenvalue weighted by Gasteiger charge is 2.45. The number of hydrogen-bond acceptors (Lipinski definition) is 5. The van der Waals surface area contributed by atoms with Crippen molar-refractivity contribution in [2.24, 2.45) is 5.92 Å². The zero-order chi connectivity index (χ0) is 14.9. The van der Waals surface area contributed by atoms with Crippen LogP contribution in [0.1, 0.15) is 24.8 Å².